The van der Waals surface area contributed by atoms with Crippen molar-refractivity contribution in [2.75, 3.05) is 5.32 Å². The molecular formula is C18H15N5O6. The number of hydrogen-bond donors (Lipinski definition) is 1. The molecule has 0 fully saturated rings. The van der Waals surface area contributed by atoms with Gasteiger partial charge in [-0.25, -0.2) is 4.68 Å². The molecule has 3 aromatic rings. The van der Waals surface area contributed by atoms with Crippen molar-refractivity contribution < 1.29 is 14.6 Å². The quantitative estimate of drug-likeness (QED) is 0.518. The van der Waals surface area contributed by atoms with E-state index in [2.05, 4.69) is 5.32 Å². The van der Waals surface area contributed by atoms with Gasteiger partial charge in [0.05, 0.1) is 27.3 Å². The third-order valence-electron chi connectivity index (χ3n) is 4.43. The molecule has 0 aliphatic carbocycles. The highest BCUT2D eigenvalue weighted by molar-refractivity contribution is 6.07. The van der Waals surface area contributed by atoms with Gasteiger partial charge in [0.25, 0.3) is 22.8 Å². The monoisotopic (exact) mass is 397 g/mol. The summed E-state index contributed by atoms with van der Waals surface area (Å²) in [6, 6.07) is 11.4. The summed E-state index contributed by atoms with van der Waals surface area (Å²) in [6.07, 6.45) is 0. The van der Waals surface area contributed by atoms with Crippen LogP contribution < -0.4 is 10.9 Å². The molecule has 29 heavy (non-hydrogen) atoms. The van der Waals surface area contributed by atoms with Crippen molar-refractivity contribution in [2.45, 2.75) is 6.92 Å². The molecule has 0 radical (unpaired) electrons. The fourth-order valence-electron chi connectivity index (χ4n) is 2.87. The van der Waals surface area contributed by atoms with Gasteiger partial charge >= 0.3 is 0 Å². The van der Waals surface area contributed by atoms with E-state index in [1.54, 1.807) is 44.3 Å². The summed E-state index contributed by atoms with van der Waals surface area (Å²) >= 11 is 0. The van der Waals surface area contributed by atoms with Crippen LogP contribution in [0, 0.1) is 27.2 Å². The summed E-state index contributed by atoms with van der Waals surface area (Å²) in [7, 11) is 1.63. The molecule has 0 bridgehead atoms. The van der Waals surface area contributed by atoms with Gasteiger partial charge in [-0.2, -0.15) is 0 Å². The molecule has 0 aliphatic rings. The van der Waals surface area contributed by atoms with Crippen LogP contribution in [0.4, 0.5) is 17.1 Å². The van der Waals surface area contributed by atoms with Gasteiger partial charge < -0.3 is 5.32 Å². The summed E-state index contributed by atoms with van der Waals surface area (Å²) in [5, 5.41) is 24.5. The first-order chi connectivity index (χ1) is 13.7. The number of nitro groups is 2. The smallest absolute Gasteiger partial charge is 0.295 e. The second-order valence-electron chi connectivity index (χ2n) is 6.11. The topological polar surface area (TPSA) is 142 Å². The van der Waals surface area contributed by atoms with Gasteiger partial charge in [-0.05, 0) is 25.1 Å². The zero-order valence-electron chi connectivity index (χ0n) is 15.4. The molecule has 148 valence electrons. The number of hydrogen-bond acceptors (Lipinski definition) is 6. The Morgan fingerprint density at radius 3 is 2.28 bits per heavy atom. The molecule has 0 aliphatic heterocycles. The Hall–Kier alpha value is -4.28. The minimum Gasteiger partial charge on any atom is -0.316 e. The highest BCUT2D eigenvalue weighted by atomic mass is 16.6. The molecule has 3 rings (SSSR count). The molecule has 11 heteroatoms. The lowest BCUT2D eigenvalue weighted by Gasteiger charge is -2.07. The van der Waals surface area contributed by atoms with Crippen molar-refractivity contribution in [3.05, 3.63) is 90.4 Å². The summed E-state index contributed by atoms with van der Waals surface area (Å²) < 4.78 is 2.88. The largest absolute Gasteiger partial charge is 0.316 e. The lowest BCUT2D eigenvalue weighted by Crippen LogP contribution is -2.23. The standard InChI is InChI=1S/C18H15N5O6/c1-11-16(18(25)21(20(11)2)12-6-4-3-5-7-12)19-17(24)14-9-8-13(22(26)27)10-15(14)23(28)29/h3-10H,1-2H3,(H,19,24). The Kier molecular flexibility index (Phi) is 4.96. The van der Waals surface area contributed by atoms with Crippen LogP contribution in [-0.4, -0.2) is 25.1 Å². The number of anilines is 1. The summed E-state index contributed by atoms with van der Waals surface area (Å²) in [4.78, 5) is 45.9. The van der Waals surface area contributed by atoms with Crippen molar-refractivity contribution >= 4 is 23.0 Å². The van der Waals surface area contributed by atoms with Crippen molar-refractivity contribution in [3.8, 4) is 5.69 Å². The first-order valence-electron chi connectivity index (χ1n) is 8.30. The molecule has 0 atom stereocenters. The highest BCUT2D eigenvalue weighted by Gasteiger charge is 2.26. The maximum Gasteiger partial charge on any atom is 0.295 e. The van der Waals surface area contributed by atoms with Crippen LogP contribution in [0.1, 0.15) is 16.1 Å². The van der Waals surface area contributed by atoms with Crippen LogP contribution in [0.25, 0.3) is 5.69 Å². The number of carbonyl (C=O) groups is 1. The fraction of sp³-hybridized carbons (Fsp3) is 0.111. The van der Waals surface area contributed by atoms with E-state index in [1.165, 1.54) is 9.36 Å². The number of amides is 1. The average Bonchev–Trinajstić information content (AvgIpc) is 2.91. The molecule has 1 heterocycles. The van der Waals surface area contributed by atoms with Gasteiger partial charge in [-0.3, -0.25) is 34.5 Å². The van der Waals surface area contributed by atoms with Gasteiger partial charge in [0.15, 0.2) is 0 Å². The van der Waals surface area contributed by atoms with Crippen LogP contribution in [-0.2, 0) is 7.05 Å². The fourth-order valence-corrected chi connectivity index (χ4v) is 2.87. The predicted molar refractivity (Wildman–Crippen MR) is 103 cm³/mol. The molecule has 2 aromatic carbocycles. The van der Waals surface area contributed by atoms with E-state index in [1.807, 2.05) is 0 Å². The van der Waals surface area contributed by atoms with E-state index in [0.717, 1.165) is 12.1 Å². The number of carbonyl (C=O) groups excluding carboxylic acids is 1. The molecule has 11 nitrogen and oxygen atoms in total. The van der Waals surface area contributed by atoms with Crippen molar-refractivity contribution in [3.63, 3.8) is 0 Å². The minimum absolute atomic E-state index is 0.0472. The van der Waals surface area contributed by atoms with Crippen LogP contribution in [0.2, 0.25) is 0 Å². The zero-order valence-corrected chi connectivity index (χ0v) is 15.4. The Bertz CT molecular complexity index is 1200. The highest BCUT2D eigenvalue weighted by Crippen LogP contribution is 2.25. The maximum absolute atomic E-state index is 12.8. The van der Waals surface area contributed by atoms with E-state index in [-0.39, 0.29) is 5.69 Å². The molecule has 0 unspecified atom stereocenters. The van der Waals surface area contributed by atoms with Crippen molar-refractivity contribution in [1.82, 2.24) is 9.36 Å². The molecule has 1 aromatic heterocycles. The third-order valence-corrected chi connectivity index (χ3v) is 4.43. The van der Waals surface area contributed by atoms with E-state index in [0.29, 0.717) is 17.4 Å². The van der Waals surface area contributed by atoms with E-state index < -0.39 is 38.3 Å². The minimum atomic E-state index is -0.919. The SMILES string of the molecule is Cc1c(NC(=O)c2ccc([N+](=O)[O-])cc2[N+](=O)[O-])c(=O)n(-c2ccccc2)n1C. The number of non-ortho nitro benzene ring substituents is 1. The lowest BCUT2D eigenvalue weighted by molar-refractivity contribution is -0.394. The predicted octanol–water partition coefficient (Wildman–Crippen LogP) is 2.55. The molecular weight excluding hydrogens is 382 g/mol. The van der Waals surface area contributed by atoms with Gasteiger partial charge in [-0.15, -0.1) is 0 Å². The molecule has 1 N–H and O–H groups in total. The van der Waals surface area contributed by atoms with E-state index in [4.69, 9.17) is 0 Å². The summed E-state index contributed by atoms with van der Waals surface area (Å²) in [6.45, 7) is 1.61. The van der Waals surface area contributed by atoms with Gasteiger partial charge in [-0.1, -0.05) is 18.2 Å². The Labute approximate surface area is 163 Å². The number of para-hydroxylation sites is 1. The lowest BCUT2D eigenvalue weighted by atomic mass is 10.1. The van der Waals surface area contributed by atoms with Crippen LogP contribution in [0.15, 0.2) is 53.3 Å². The number of nitrogens with zero attached hydrogens (tertiary/aromatic N) is 4. The number of nitrogens with one attached hydrogen (secondary N) is 1. The van der Waals surface area contributed by atoms with Gasteiger partial charge in [0, 0.05) is 13.1 Å². The van der Waals surface area contributed by atoms with Gasteiger partial charge in [0.2, 0.25) is 0 Å². The van der Waals surface area contributed by atoms with Crippen molar-refractivity contribution in [1.29, 1.82) is 0 Å². The number of nitro benzene ring substituents is 2. The van der Waals surface area contributed by atoms with Crippen LogP contribution >= 0.6 is 0 Å². The molecule has 1 amide bonds. The summed E-state index contributed by atoms with van der Waals surface area (Å²) in [5.41, 5.74) is -1.21. The molecule has 0 saturated heterocycles. The first kappa shape index (κ1) is 19.5. The Morgan fingerprint density at radius 1 is 1.03 bits per heavy atom. The second kappa shape index (κ2) is 7.38. The maximum atomic E-state index is 12.8. The Balaban J connectivity index is 2.04. The van der Waals surface area contributed by atoms with Crippen LogP contribution in [0.3, 0.4) is 0 Å². The zero-order chi connectivity index (χ0) is 21.3. The summed E-state index contributed by atoms with van der Waals surface area (Å²) in [5.74, 6) is -0.919. The van der Waals surface area contributed by atoms with Crippen LogP contribution in [0.5, 0.6) is 0 Å². The molecule has 0 spiro atoms. The number of aromatic nitrogens is 2. The van der Waals surface area contributed by atoms with E-state index >= 15 is 0 Å². The normalized spacial score (nSPS) is 10.6. The van der Waals surface area contributed by atoms with E-state index in [9.17, 15) is 29.8 Å². The number of rotatable bonds is 5. The van der Waals surface area contributed by atoms with Gasteiger partial charge in [0.1, 0.15) is 11.3 Å². The second-order valence-corrected chi connectivity index (χ2v) is 6.11. The number of benzene rings is 2. The Morgan fingerprint density at radius 2 is 1.69 bits per heavy atom. The van der Waals surface area contributed by atoms with Crippen molar-refractivity contribution in [2.24, 2.45) is 7.05 Å². The average molecular weight is 397 g/mol. The molecule has 0 saturated carbocycles. The third kappa shape index (κ3) is 3.48. The first-order valence-corrected chi connectivity index (χ1v) is 8.30.